The van der Waals surface area contributed by atoms with E-state index in [1.165, 1.54) is 16.8 Å². The summed E-state index contributed by atoms with van der Waals surface area (Å²) in [6, 6.07) is 9.39. The van der Waals surface area contributed by atoms with Crippen LogP contribution in [0.3, 0.4) is 0 Å². The zero-order valence-corrected chi connectivity index (χ0v) is 17.2. The number of anilines is 1. The number of rotatable bonds is 4. The predicted octanol–water partition coefficient (Wildman–Crippen LogP) is 4.62. The fourth-order valence-electron chi connectivity index (χ4n) is 3.27. The number of nitrogens with zero attached hydrogens (tertiary/aromatic N) is 5. The van der Waals surface area contributed by atoms with Crippen LogP contribution < -0.4 is 5.32 Å². The summed E-state index contributed by atoms with van der Waals surface area (Å²) < 4.78 is 70.7. The number of alkyl halides is 3. The predicted molar refractivity (Wildman–Crippen MR) is 107 cm³/mol. The number of aryl methyl sites for hydroxylation is 2. The minimum absolute atomic E-state index is 0.0905. The van der Waals surface area contributed by atoms with Crippen LogP contribution in [0.1, 0.15) is 27.6 Å². The summed E-state index contributed by atoms with van der Waals surface area (Å²) in [5, 5.41) is 13.1. The number of benzene rings is 2. The molecule has 0 radical (unpaired) electrons. The molecule has 33 heavy (non-hydrogen) atoms. The number of hydrogen-bond acceptors (Lipinski definition) is 4. The molecule has 4 rings (SSSR count). The van der Waals surface area contributed by atoms with Crippen molar-refractivity contribution in [2.45, 2.75) is 20.0 Å². The molecule has 0 aliphatic rings. The first kappa shape index (κ1) is 22.1. The molecule has 2 heterocycles. The van der Waals surface area contributed by atoms with Crippen LogP contribution in [0.15, 0.2) is 48.5 Å². The van der Waals surface area contributed by atoms with Crippen molar-refractivity contribution < 1.29 is 26.7 Å². The Morgan fingerprint density at radius 1 is 0.970 bits per heavy atom. The fraction of sp³-hybridized carbons (Fsp3) is 0.143. The highest BCUT2D eigenvalue weighted by atomic mass is 19.4. The van der Waals surface area contributed by atoms with Crippen LogP contribution in [0.4, 0.5) is 27.6 Å². The molecule has 1 amide bonds. The van der Waals surface area contributed by atoms with Gasteiger partial charge in [0.25, 0.3) is 5.91 Å². The lowest BCUT2D eigenvalue weighted by Gasteiger charge is -2.12. The number of halogens is 5. The molecule has 0 aliphatic heterocycles. The van der Waals surface area contributed by atoms with Gasteiger partial charge in [0, 0.05) is 11.4 Å². The third-order valence-corrected chi connectivity index (χ3v) is 4.67. The molecule has 7 nitrogen and oxygen atoms in total. The summed E-state index contributed by atoms with van der Waals surface area (Å²) in [5.74, 6) is -2.64. The Balaban J connectivity index is 1.66. The molecule has 12 heteroatoms. The van der Waals surface area contributed by atoms with Crippen LogP contribution in [0.25, 0.3) is 11.4 Å². The van der Waals surface area contributed by atoms with Crippen LogP contribution in [0.2, 0.25) is 0 Å². The first-order valence-corrected chi connectivity index (χ1v) is 9.48. The molecule has 0 fully saturated rings. The van der Waals surface area contributed by atoms with Gasteiger partial charge in [-0.05, 0) is 62.4 Å². The first-order valence-electron chi connectivity index (χ1n) is 9.48. The Labute approximate surface area is 183 Å². The van der Waals surface area contributed by atoms with Crippen molar-refractivity contribution in [3.05, 3.63) is 82.9 Å². The molecular weight excluding hydrogens is 447 g/mol. The van der Waals surface area contributed by atoms with Gasteiger partial charge < -0.3 is 5.32 Å². The van der Waals surface area contributed by atoms with E-state index in [-0.39, 0.29) is 17.1 Å². The summed E-state index contributed by atoms with van der Waals surface area (Å²) >= 11 is 0. The first-order chi connectivity index (χ1) is 15.5. The maximum Gasteiger partial charge on any atom is 0.435 e. The summed E-state index contributed by atoms with van der Waals surface area (Å²) in [6.45, 7) is 3.48. The zero-order valence-electron chi connectivity index (χ0n) is 17.2. The lowest BCUT2D eigenvalue weighted by molar-refractivity contribution is -0.143. The van der Waals surface area contributed by atoms with Gasteiger partial charge in [-0.2, -0.15) is 18.3 Å². The van der Waals surface area contributed by atoms with Crippen LogP contribution in [0.5, 0.6) is 0 Å². The SMILES string of the molecule is Cc1cc(C)n(-c2ccc(NC(=O)c3nnn(-c4ccc(F)cc4)c3C(F)(F)F)cc2F)n1. The van der Waals surface area contributed by atoms with Crippen molar-refractivity contribution in [1.29, 1.82) is 0 Å². The second-order valence-electron chi connectivity index (χ2n) is 7.13. The molecule has 0 atom stereocenters. The van der Waals surface area contributed by atoms with E-state index >= 15 is 0 Å². The van der Waals surface area contributed by atoms with E-state index in [2.05, 4.69) is 20.7 Å². The normalized spacial score (nSPS) is 11.6. The highest BCUT2D eigenvalue weighted by molar-refractivity contribution is 6.03. The van der Waals surface area contributed by atoms with Gasteiger partial charge in [-0.3, -0.25) is 4.79 Å². The maximum atomic E-state index is 14.6. The fourth-order valence-corrected chi connectivity index (χ4v) is 3.27. The summed E-state index contributed by atoms with van der Waals surface area (Å²) in [6.07, 6.45) is -5.00. The Kier molecular flexibility index (Phi) is 5.44. The van der Waals surface area contributed by atoms with Gasteiger partial charge >= 0.3 is 6.18 Å². The zero-order chi connectivity index (χ0) is 23.9. The summed E-state index contributed by atoms with van der Waals surface area (Å²) in [7, 11) is 0. The van der Waals surface area contributed by atoms with Gasteiger partial charge in [-0.1, -0.05) is 5.21 Å². The van der Waals surface area contributed by atoms with Crippen LogP contribution in [-0.4, -0.2) is 30.7 Å². The molecule has 1 N–H and O–H groups in total. The van der Waals surface area contributed by atoms with Crippen molar-refractivity contribution in [1.82, 2.24) is 24.8 Å². The average molecular weight is 462 g/mol. The molecule has 4 aromatic rings. The minimum Gasteiger partial charge on any atom is -0.320 e. The van der Waals surface area contributed by atoms with Crippen LogP contribution in [0, 0.1) is 25.5 Å². The molecule has 0 unspecified atom stereocenters. The lowest BCUT2D eigenvalue weighted by Crippen LogP contribution is -2.21. The standard InChI is InChI=1S/C21H15F5N6O/c1-11-9-12(2)31(29-11)17-8-5-14(10-16(17)23)27-20(33)18-19(21(24,25)26)32(30-28-18)15-6-3-13(22)4-7-15/h3-10H,1-2H3,(H,27,33). The van der Waals surface area contributed by atoms with Crippen molar-refractivity contribution in [3.8, 4) is 11.4 Å². The van der Waals surface area contributed by atoms with E-state index < -0.39 is 35.1 Å². The smallest absolute Gasteiger partial charge is 0.320 e. The van der Waals surface area contributed by atoms with Crippen molar-refractivity contribution in [3.63, 3.8) is 0 Å². The largest absolute Gasteiger partial charge is 0.435 e. The highest BCUT2D eigenvalue weighted by Gasteiger charge is 2.42. The molecule has 2 aromatic carbocycles. The minimum atomic E-state index is -5.00. The molecule has 0 saturated heterocycles. The molecule has 0 bridgehead atoms. The maximum absolute atomic E-state index is 14.6. The number of carbonyl (C=O) groups is 1. The molecule has 2 aromatic heterocycles. The Bertz CT molecular complexity index is 1340. The van der Waals surface area contributed by atoms with Gasteiger partial charge in [-0.25, -0.2) is 18.1 Å². The number of nitrogens with one attached hydrogen (secondary N) is 1. The number of aromatic nitrogens is 5. The van der Waals surface area contributed by atoms with E-state index in [4.69, 9.17) is 0 Å². The van der Waals surface area contributed by atoms with E-state index in [1.54, 1.807) is 19.9 Å². The van der Waals surface area contributed by atoms with Crippen LogP contribution in [-0.2, 0) is 6.18 Å². The third kappa shape index (κ3) is 4.31. The van der Waals surface area contributed by atoms with E-state index in [9.17, 15) is 26.7 Å². The van der Waals surface area contributed by atoms with Gasteiger partial charge in [0.05, 0.1) is 11.4 Å². The van der Waals surface area contributed by atoms with E-state index in [0.717, 1.165) is 30.3 Å². The Hall–Kier alpha value is -4.09. The lowest BCUT2D eigenvalue weighted by atomic mass is 10.2. The molecule has 0 saturated carbocycles. The molecule has 0 spiro atoms. The average Bonchev–Trinajstić information content (AvgIpc) is 3.32. The number of amides is 1. The highest BCUT2D eigenvalue weighted by Crippen LogP contribution is 2.33. The van der Waals surface area contributed by atoms with Gasteiger partial charge in [0.1, 0.15) is 11.5 Å². The summed E-state index contributed by atoms with van der Waals surface area (Å²) in [5.41, 5.74) is -1.25. The third-order valence-electron chi connectivity index (χ3n) is 4.67. The topological polar surface area (TPSA) is 77.6 Å². The monoisotopic (exact) mass is 462 g/mol. The van der Waals surface area contributed by atoms with Crippen molar-refractivity contribution in [2.24, 2.45) is 0 Å². The van der Waals surface area contributed by atoms with Crippen LogP contribution >= 0.6 is 0 Å². The van der Waals surface area contributed by atoms with Gasteiger partial charge in [0.15, 0.2) is 17.2 Å². The van der Waals surface area contributed by atoms with Crippen molar-refractivity contribution in [2.75, 3.05) is 5.32 Å². The van der Waals surface area contributed by atoms with Gasteiger partial charge in [-0.15, -0.1) is 5.10 Å². The van der Waals surface area contributed by atoms with E-state index in [0.29, 0.717) is 16.1 Å². The second kappa shape index (κ2) is 8.11. The van der Waals surface area contributed by atoms with Crippen molar-refractivity contribution >= 4 is 11.6 Å². The van der Waals surface area contributed by atoms with Gasteiger partial charge in [0.2, 0.25) is 0 Å². The Morgan fingerprint density at radius 2 is 1.67 bits per heavy atom. The Morgan fingerprint density at radius 3 is 2.24 bits per heavy atom. The molecule has 170 valence electrons. The quantitative estimate of drug-likeness (QED) is 0.449. The number of carbonyl (C=O) groups excluding carboxylic acids is 1. The number of hydrogen-bond donors (Lipinski definition) is 1. The summed E-state index contributed by atoms with van der Waals surface area (Å²) in [4.78, 5) is 12.6. The second-order valence-corrected chi connectivity index (χ2v) is 7.13. The van der Waals surface area contributed by atoms with E-state index in [1.807, 2.05) is 0 Å². The molecule has 0 aliphatic carbocycles. The molecular formula is C21H15F5N6O.